The van der Waals surface area contributed by atoms with Gasteiger partial charge in [-0.25, -0.2) is 4.39 Å². The molecule has 0 spiro atoms. The van der Waals surface area contributed by atoms with Gasteiger partial charge in [0.2, 0.25) is 12.3 Å². The molecule has 0 saturated heterocycles. The Kier molecular flexibility index (Phi) is 5.17. The first-order valence-electron chi connectivity index (χ1n) is 6.93. The van der Waals surface area contributed by atoms with Crippen LogP contribution in [0.3, 0.4) is 0 Å². The number of carbonyl (C=O) groups is 2. The number of benzene rings is 1. The molecule has 1 aromatic carbocycles. The molecule has 0 aromatic heterocycles. The van der Waals surface area contributed by atoms with Gasteiger partial charge in [0, 0.05) is 18.2 Å². The third-order valence-corrected chi connectivity index (χ3v) is 4.09. The van der Waals surface area contributed by atoms with Gasteiger partial charge in [-0.3, -0.25) is 9.59 Å². The van der Waals surface area contributed by atoms with Crippen molar-refractivity contribution in [2.45, 2.75) is 32.4 Å². The van der Waals surface area contributed by atoms with E-state index >= 15 is 0 Å². The van der Waals surface area contributed by atoms with Crippen LogP contribution >= 0.6 is 11.6 Å². The molecule has 0 heterocycles. The molecule has 1 unspecified atom stereocenters. The molecule has 6 heteroatoms. The van der Waals surface area contributed by atoms with Gasteiger partial charge in [-0.1, -0.05) is 23.7 Å². The van der Waals surface area contributed by atoms with Gasteiger partial charge in [-0.05, 0) is 31.7 Å². The quantitative estimate of drug-likeness (QED) is 0.786. The molecule has 1 atom stereocenters. The predicted molar refractivity (Wildman–Crippen MR) is 78.2 cm³/mol. The SMILES string of the molecule is CC(C1CC1)N(C=O)CC(=O)NCc1cccc(Cl)c1F. The normalized spacial score (nSPS) is 15.4. The van der Waals surface area contributed by atoms with Gasteiger partial charge < -0.3 is 10.2 Å². The fraction of sp³-hybridized carbons (Fsp3) is 0.467. The molecule has 0 bridgehead atoms. The smallest absolute Gasteiger partial charge is 0.239 e. The number of amides is 2. The average Bonchev–Trinajstić information content (AvgIpc) is 3.30. The maximum Gasteiger partial charge on any atom is 0.239 e. The number of halogens is 2. The zero-order valence-corrected chi connectivity index (χ0v) is 12.6. The molecular weight excluding hydrogens is 295 g/mol. The van der Waals surface area contributed by atoms with Crippen LogP contribution in [0.4, 0.5) is 4.39 Å². The Morgan fingerprint density at radius 1 is 1.57 bits per heavy atom. The minimum Gasteiger partial charge on any atom is -0.350 e. The van der Waals surface area contributed by atoms with E-state index < -0.39 is 5.82 Å². The first kappa shape index (κ1) is 15.8. The lowest BCUT2D eigenvalue weighted by atomic mass is 10.2. The number of hydrogen-bond donors (Lipinski definition) is 1. The lowest BCUT2D eigenvalue weighted by molar-refractivity contribution is -0.129. The summed E-state index contributed by atoms with van der Waals surface area (Å²) < 4.78 is 13.7. The summed E-state index contributed by atoms with van der Waals surface area (Å²) in [5, 5.41) is 2.63. The summed E-state index contributed by atoms with van der Waals surface area (Å²) >= 11 is 5.68. The van der Waals surface area contributed by atoms with Crippen molar-refractivity contribution < 1.29 is 14.0 Å². The van der Waals surface area contributed by atoms with Crippen molar-refractivity contribution in [1.82, 2.24) is 10.2 Å². The third kappa shape index (κ3) is 4.17. The van der Waals surface area contributed by atoms with Crippen LogP contribution in [-0.4, -0.2) is 29.8 Å². The Balaban J connectivity index is 1.86. The second kappa shape index (κ2) is 6.89. The number of hydrogen-bond acceptors (Lipinski definition) is 2. The van der Waals surface area contributed by atoms with Gasteiger partial charge in [0.25, 0.3) is 0 Å². The Labute approximate surface area is 128 Å². The lowest BCUT2D eigenvalue weighted by Crippen LogP contribution is -2.41. The highest BCUT2D eigenvalue weighted by Crippen LogP contribution is 2.34. The van der Waals surface area contributed by atoms with Gasteiger partial charge in [0.1, 0.15) is 5.82 Å². The summed E-state index contributed by atoms with van der Waals surface area (Å²) in [6.45, 7) is 1.98. The number of nitrogens with one attached hydrogen (secondary N) is 1. The summed E-state index contributed by atoms with van der Waals surface area (Å²) in [6, 6.07) is 4.70. The Morgan fingerprint density at radius 2 is 2.29 bits per heavy atom. The van der Waals surface area contributed by atoms with E-state index in [2.05, 4.69) is 5.32 Å². The van der Waals surface area contributed by atoms with E-state index in [-0.39, 0.29) is 30.1 Å². The molecule has 1 fully saturated rings. The van der Waals surface area contributed by atoms with Crippen LogP contribution in [0.5, 0.6) is 0 Å². The minimum atomic E-state index is -0.530. The summed E-state index contributed by atoms with van der Waals surface area (Å²) in [4.78, 5) is 24.4. The summed E-state index contributed by atoms with van der Waals surface area (Å²) in [7, 11) is 0. The Hall–Kier alpha value is -1.62. The van der Waals surface area contributed by atoms with E-state index in [0.717, 1.165) is 12.8 Å². The van der Waals surface area contributed by atoms with Crippen LogP contribution in [0.15, 0.2) is 18.2 Å². The molecule has 0 aliphatic heterocycles. The molecule has 114 valence electrons. The minimum absolute atomic E-state index is 0.0106. The van der Waals surface area contributed by atoms with Crippen molar-refractivity contribution >= 4 is 23.9 Å². The zero-order chi connectivity index (χ0) is 15.4. The van der Waals surface area contributed by atoms with Crippen LogP contribution in [0.1, 0.15) is 25.3 Å². The highest BCUT2D eigenvalue weighted by molar-refractivity contribution is 6.30. The molecule has 1 N–H and O–H groups in total. The van der Waals surface area contributed by atoms with Crippen molar-refractivity contribution in [2.75, 3.05) is 6.54 Å². The first-order chi connectivity index (χ1) is 10.0. The van der Waals surface area contributed by atoms with Crippen LogP contribution in [-0.2, 0) is 16.1 Å². The van der Waals surface area contributed by atoms with E-state index in [0.29, 0.717) is 17.9 Å². The Morgan fingerprint density at radius 3 is 2.90 bits per heavy atom. The van der Waals surface area contributed by atoms with Crippen molar-refractivity contribution in [3.8, 4) is 0 Å². The maximum atomic E-state index is 13.7. The molecule has 0 radical (unpaired) electrons. The highest BCUT2D eigenvalue weighted by Gasteiger charge is 2.32. The van der Waals surface area contributed by atoms with Crippen molar-refractivity contribution in [3.05, 3.63) is 34.6 Å². The summed E-state index contributed by atoms with van der Waals surface area (Å²) in [6.07, 6.45) is 2.89. The van der Waals surface area contributed by atoms with Crippen molar-refractivity contribution in [2.24, 2.45) is 5.92 Å². The molecule has 1 aliphatic rings. The van der Waals surface area contributed by atoms with Crippen LogP contribution in [0, 0.1) is 11.7 Å². The number of rotatable bonds is 7. The fourth-order valence-corrected chi connectivity index (χ4v) is 2.42. The van der Waals surface area contributed by atoms with Crippen molar-refractivity contribution in [3.63, 3.8) is 0 Å². The second-order valence-corrected chi connectivity index (χ2v) is 5.75. The predicted octanol–water partition coefficient (Wildman–Crippen LogP) is 2.35. The van der Waals surface area contributed by atoms with Gasteiger partial charge in [-0.15, -0.1) is 0 Å². The van der Waals surface area contributed by atoms with Crippen molar-refractivity contribution in [1.29, 1.82) is 0 Å². The molecule has 1 aliphatic carbocycles. The largest absolute Gasteiger partial charge is 0.350 e. The standard InChI is InChI=1S/C15H18ClFN2O2/c1-10(11-5-6-11)19(9-20)8-14(21)18-7-12-3-2-4-13(16)15(12)17/h2-4,9-11H,5-8H2,1H3,(H,18,21). The van der Waals surface area contributed by atoms with E-state index in [1.165, 1.54) is 11.0 Å². The third-order valence-electron chi connectivity index (χ3n) is 3.80. The van der Waals surface area contributed by atoms with Crippen LogP contribution < -0.4 is 5.32 Å². The summed E-state index contributed by atoms with van der Waals surface area (Å²) in [5.74, 6) is -0.347. The zero-order valence-electron chi connectivity index (χ0n) is 11.8. The van der Waals surface area contributed by atoms with E-state index in [4.69, 9.17) is 11.6 Å². The van der Waals surface area contributed by atoms with E-state index in [1.54, 1.807) is 12.1 Å². The molecule has 1 aromatic rings. The van der Waals surface area contributed by atoms with Gasteiger partial charge in [-0.2, -0.15) is 0 Å². The molecule has 21 heavy (non-hydrogen) atoms. The monoisotopic (exact) mass is 312 g/mol. The molecule has 1 saturated carbocycles. The number of carbonyl (C=O) groups excluding carboxylic acids is 2. The van der Waals surface area contributed by atoms with Crippen LogP contribution in [0.25, 0.3) is 0 Å². The number of nitrogens with zero attached hydrogens (tertiary/aromatic N) is 1. The van der Waals surface area contributed by atoms with Gasteiger partial charge in [0.15, 0.2) is 0 Å². The molecular formula is C15H18ClFN2O2. The summed E-state index contributed by atoms with van der Waals surface area (Å²) in [5.41, 5.74) is 0.323. The topological polar surface area (TPSA) is 49.4 Å². The van der Waals surface area contributed by atoms with Gasteiger partial charge in [0.05, 0.1) is 11.6 Å². The molecule has 4 nitrogen and oxygen atoms in total. The average molecular weight is 313 g/mol. The van der Waals surface area contributed by atoms with Crippen LogP contribution in [0.2, 0.25) is 5.02 Å². The molecule has 2 rings (SSSR count). The Bertz CT molecular complexity index is 534. The second-order valence-electron chi connectivity index (χ2n) is 5.35. The first-order valence-corrected chi connectivity index (χ1v) is 7.31. The maximum absolute atomic E-state index is 13.7. The van der Waals surface area contributed by atoms with E-state index in [9.17, 15) is 14.0 Å². The van der Waals surface area contributed by atoms with E-state index in [1.807, 2.05) is 6.92 Å². The lowest BCUT2D eigenvalue weighted by Gasteiger charge is -2.24. The fourth-order valence-electron chi connectivity index (χ4n) is 2.23. The highest BCUT2D eigenvalue weighted by atomic mass is 35.5. The van der Waals surface area contributed by atoms with Gasteiger partial charge >= 0.3 is 0 Å². The molecule has 2 amide bonds.